The fraction of sp³-hybridized carbons (Fsp3) is 0.600. The van der Waals surface area contributed by atoms with E-state index < -0.39 is 0 Å². The Labute approximate surface area is 93.3 Å². The van der Waals surface area contributed by atoms with E-state index in [2.05, 4.69) is 5.16 Å². The monoisotopic (exact) mass is 225 g/mol. The Kier molecular flexibility index (Phi) is 3.21. The summed E-state index contributed by atoms with van der Waals surface area (Å²) in [6.45, 7) is 1.59. The molecule has 2 N–H and O–H groups in total. The Bertz CT molecular complexity index is 377. The van der Waals surface area contributed by atoms with Gasteiger partial charge in [0.2, 0.25) is 0 Å². The van der Waals surface area contributed by atoms with Crippen LogP contribution >= 0.6 is 0 Å². The molecule has 16 heavy (non-hydrogen) atoms. The second-order valence-electron chi connectivity index (χ2n) is 3.91. The van der Waals surface area contributed by atoms with E-state index in [0.717, 1.165) is 6.42 Å². The molecule has 0 unspecified atom stereocenters. The van der Waals surface area contributed by atoms with Crippen LogP contribution in [-0.4, -0.2) is 42.2 Å². The quantitative estimate of drug-likeness (QED) is 0.782. The van der Waals surface area contributed by atoms with Gasteiger partial charge in [-0.3, -0.25) is 4.79 Å². The SMILES string of the molecule is COCc1cc(C(=O)N2CC[C@H](N)C2)no1. The molecule has 2 heterocycles. The number of hydrogen-bond acceptors (Lipinski definition) is 5. The van der Waals surface area contributed by atoms with Gasteiger partial charge in [-0.25, -0.2) is 0 Å². The lowest BCUT2D eigenvalue weighted by atomic mass is 10.3. The number of methoxy groups -OCH3 is 1. The maximum Gasteiger partial charge on any atom is 0.276 e. The molecule has 1 saturated heterocycles. The molecule has 0 bridgehead atoms. The van der Waals surface area contributed by atoms with Gasteiger partial charge in [0.05, 0.1) is 0 Å². The number of carbonyl (C=O) groups is 1. The van der Waals surface area contributed by atoms with Gasteiger partial charge in [0.1, 0.15) is 6.61 Å². The Morgan fingerprint density at radius 2 is 2.62 bits per heavy atom. The predicted octanol–water partition coefficient (Wildman–Crippen LogP) is -0.00580. The Morgan fingerprint density at radius 3 is 3.25 bits per heavy atom. The van der Waals surface area contributed by atoms with Crippen molar-refractivity contribution in [1.29, 1.82) is 0 Å². The van der Waals surface area contributed by atoms with Gasteiger partial charge in [0.25, 0.3) is 5.91 Å². The van der Waals surface area contributed by atoms with Crippen LogP contribution in [0.4, 0.5) is 0 Å². The number of hydrogen-bond donors (Lipinski definition) is 1. The number of rotatable bonds is 3. The van der Waals surface area contributed by atoms with Crippen LogP contribution < -0.4 is 5.73 Å². The van der Waals surface area contributed by atoms with Crippen molar-refractivity contribution in [3.63, 3.8) is 0 Å². The lowest BCUT2D eigenvalue weighted by molar-refractivity contribution is 0.0780. The number of likely N-dealkylation sites (tertiary alicyclic amines) is 1. The topological polar surface area (TPSA) is 81.6 Å². The number of carbonyl (C=O) groups excluding carboxylic acids is 1. The van der Waals surface area contributed by atoms with E-state index in [1.807, 2.05) is 0 Å². The summed E-state index contributed by atoms with van der Waals surface area (Å²) in [5.41, 5.74) is 6.06. The minimum absolute atomic E-state index is 0.0781. The maximum atomic E-state index is 11.9. The Hall–Kier alpha value is -1.40. The first kappa shape index (κ1) is 11.1. The highest BCUT2D eigenvalue weighted by Gasteiger charge is 2.26. The molecule has 1 aromatic heterocycles. The smallest absolute Gasteiger partial charge is 0.276 e. The average Bonchev–Trinajstić information content (AvgIpc) is 2.87. The molecular formula is C10H15N3O3. The summed E-state index contributed by atoms with van der Waals surface area (Å²) in [6, 6.07) is 1.68. The van der Waals surface area contributed by atoms with E-state index in [1.54, 1.807) is 18.1 Å². The van der Waals surface area contributed by atoms with E-state index in [0.29, 0.717) is 31.2 Å². The van der Waals surface area contributed by atoms with Crippen LogP contribution in [0.3, 0.4) is 0 Å². The van der Waals surface area contributed by atoms with E-state index in [-0.39, 0.29) is 11.9 Å². The minimum Gasteiger partial charge on any atom is -0.377 e. The van der Waals surface area contributed by atoms with E-state index in [4.69, 9.17) is 15.0 Å². The molecule has 6 heteroatoms. The summed E-state index contributed by atoms with van der Waals surface area (Å²) in [7, 11) is 1.56. The largest absolute Gasteiger partial charge is 0.377 e. The van der Waals surface area contributed by atoms with Crippen LogP contribution in [0.2, 0.25) is 0 Å². The highest BCUT2D eigenvalue weighted by molar-refractivity contribution is 5.92. The summed E-state index contributed by atoms with van der Waals surface area (Å²) in [5.74, 6) is 0.424. The molecule has 0 spiro atoms. The van der Waals surface area contributed by atoms with Crippen molar-refractivity contribution in [2.24, 2.45) is 5.73 Å². The Morgan fingerprint density at radius 1 is 1.81 bits per heavy atom. The molecule has 0 radical (unpaired) electrons. The van der Waals surface area contributed by atoms with E-state index >= 15 is 0 Å². The van der Waals surface area contributed by atoms with Crippen LogP contribution in [0.25, 0.3) is 0 Å². The fourth-order valence-electron chi connectivity index (χ4n) is 1.76. The van der Waals surface area contributed by atoms with Crippen LogP contribution in [0, 0.1) is 0 Å². The summed E-state index contributed by atoms with van der Waals surface area (Å²) in [5, 5.41) is 3.72. The second kappa shape index (κ2) is 4.63. The standard InChI is InChI=1S/C10H15N3O3/c1-15-6-8-4-9(12-16-8)10(14)13-3-2-7(11)5-13/h4,7H,2-3,5-6,11H2,1H3/t7-/m0/s1. The molecular weight excluding hydrogens is 210 g/mol. The number of nitrogens with two attached hydrogens (primary N) is 1. The van der Waals surface area contributed by atoms with Gasteiger partial charge in [-0.15, -0.1) is 0 Å². The highest BCUT2D eigenvalue weighted by atomic mass is 16.5. The fourth-order valence-corrected chi connectivity index (χ4v) is 1.76. The minimum atomic E-state index is -0.126. The zero-order chi connectivity index (χ0) is 11.5. The second-order valence-corrected chi connectivity index (χ2v) is 3.91. The molecule has 1 fully saturated rings. The average molecular weight is 225 g/mol. The molecule has 1 aliphatic heterocycles. The first-order chi connectivity index (χ1) is 7.70. The molecule has 88 valence electrons. The number of ether oxygens (including phenoxy) is 1. The summed E-state index contributed by atoms with van der Waals surface area (Å²) >= 11 is 0. The van der Waals surface area contributed by atoms with Gasteiger partial charge in [-0.1, -0.05) is 5.16 Å². The molecule has 0 saturated carbocycles. The molecule has 2 rings (SSSR count). The van der Waals surface area contributed by atoms with Gasteiger partial charge in [0.15, 0.2) is 11.5 Å². The van der Waals surface area contributed by atoms with Crippen LogP contribution in [0.1, 0.15) is 22.7 Å². The van der Waals surface area contributed by atoms with Gasteiger partial charge in [-0.2, -0.15) is 0 Å². The lowest BCUT2D eigenvalue weighted by Crippen LogP contribution is -2.32. The van der Waals surface area contributed by atoms with Crippen molar-refractivity contribution in [1.82, 2.24) is 10.1 Å². The van der Waals surface area contributed by atoms with Crippen molar-refractivity contribution in [3.8, 4) is 0 Å². The Balaban J connectivity index is 2.03. The van der Waals surface area contributed by atoms with Crippen molar-refractivity contribution in [2.75, 3.05) is 20.2 Å². The van der Waals surface area contributed by atoms with Crippen molar-refractivity contribution >= 4 is 5.91 Å². The number of aromatic nitrogens is 1. The molecule has 6 nitrogen and oxygen atoms in total. The molecule has 1 amide bonds. The van der Waals surface area contributed by atoms with Gasteiger partial charge in [-0.05, 0) is 6.42 Å². The first-order valence-corrected chi connectivity index (χ1v) is 5.20. The van der Waals surface area contributed by atoms with Crippen LogP contribution in [0.15, 0.2) is 10.6 Å². The molecule has 1 aliphatic rings. The van der Waals surface area contributed by atoms with Gasteiger partial charge < -0.3 is 19.9 Å². The third kappa shape index (κ3) is 2.23. The molecule has 0 aliphatic carbocycles. The predicted molar refractivity (Wildman–Crippen MR) is 55.7 cm³/mol. The van der Waals surface area contributed by atoms with Crippen molar-refractivity contribution in [3.05, 3.63) is 17.5 Å². The zero-order valence-corrected chi connectivity index (χ0v) is 9.18. The van der Waals surface area contributed by atoms with Crippen molar-refractivity contribution < 1.29 is 14.1 Å². The third-order valence-corrected chi connectivity index (χ3v) is 2.58. The van der Waals surface area contributed by atoms with Crippen LogP contribution in [-0.2, 0) is 11.3 Å². The first-order valence-electron chi connectivity index (χ1n) is 5.20. The normalized spacial score (nSPS) is 20.4. The summed E-state index contributed by atoms with van der Waals surface area (Å²) < 4.78 is 9.84. The molecule has 1 aromatic rings. The summed E-state index contributed by atoms with van der Waals surface area (Å²) in [4.78, 5) is 13.6. The van der Waals surface area contributed by atoms with Gasteiger partial charge >= 0.3 is 0 Å². The number of nitrogens with zero attached hydrogens (tertiary/aromatic N) is 2. The van der Waals surface area contributed by atoms with Crippen molar-refractivity contribution in [2.45, 2.75) is 19.1 Å². The molecule has 0 aromatic carbocycles. The third-order valence-electron chi connectivity index (χ3n) is 2.58. The lowest BCUT2D eigenvalue weighted by Gasteiger charge is -2.12. The molecule has 1 atom stereocenters. The zero-order valence-electron chi connectivity index (χ0n) is 9.18. The van der Waals surface area contributed by atoms with E-state index in [1.165, 1.54) is 0 Å². The van der Waals surface area contributed by atoms with Gasteiger partial charge in [0, 0.05) is 32.3 Å². The van der Waals surface area contributed by atoms with Crippen LogP contribution in [0.5, 0.6) is 0 Å². The van der Waals surface area contributed by atoms with E-state index in [9.17, 15) is 4.79 Å². The number of amides is 1. The summed E-state index contributed by atoms with van der Waals surface area (Å²) in [6.07, 6.45) is 0.842. The highest BCUT2D eigenvalue weighted by Crippen LogP contribution is 2.13. The maximum absolute atomic E-state index is 11.9.